The molecule has 1 heterocycles. The van der Waals surface area contributed by atoms with E-state index in [1.165, 1.54) is 12.1 Å². The van der Waals surface area contributed by atoms with Crippen LogP contribution in [0.15, 0.2) is 12.1 Å². The van der Waals surface area contributed by atoms with Crippen molar-refractivity contribution in [1.29, 1.82) is 0 Å². The van der Waals surface area contributed by atoms with Crippen LogP contribution in [-0.4, -0.2) is 47.1 Å². The van der Waals surface area contributed by atoms with Gasteiger partial charge in [-0.2, -0.15) is 0 Å². The van der Waals surface area contributed by atoms with Gasteiger partial charge >= 0.3 is 5.97 Å². The van der Waals surface area contributed by atoms with Gasteiger partial charge in [0.05, 0.1) is 0 Å². The predicted octanol–water partition coefficient (Wildman–Crippen LogP) is 2.19. The molecule has 18 heavy (non-hydrogen) atoms. The van der Waals surface area contributed by atoms with Gasteiger partial charge in [-0.05, 0) is 25.2 Å². The molecule has 1 aromatic heterocycles. The van der Waals surface area contributed by atoms with Crippen LogP contribution in [0.5, 0.6) is 0 Å². The van der Waals surface area contributed by atoms with Crippen LogP contribution in [0.3, 0.4) is 0 Å². The minimum Gasteiger partial charge on any atom is -0.478 e. The maximum atomic E-state index is 11.0. The second-order valence-corrected chi connectivity index (χ2v) is 4.18. The Morgan fingerprint density at radius 1 is 1.44 bits per heavy atom. The number of hydrogen-bond acceptors (Lipinski definition) is 4. The summed E-state index contributed by atoms with van der Waals surface area (Å²) in [7, 11) is 0. The number of nitrogens with one attached hydrogen (secondary N) is 1. The van der Waals surface area contributed by atoms with E-state index >= 15 is 0 Å². The molecule has 0 spiro atoms. The van der Waals surface area contributed by atoms with Gasteiger partial charge < -0.3 is 15.3 Å². The Hall–Kier alpha value is -1.33. The number of hydrogen-bond donors (Lipinski definition) is 2. The lowest BCUT2D eigenvalue weighted by atomic mass is 10.2. The van der Waals surface area contributed by atoms with Crippen LogP contribution in [0.25, 0.3) is 0 Å². The van der Waals surface area contributed by atoms with Gasteiger partial charge in [0.2, 0.25) is 0 Å². The third-order valence-electron chi connectivity index (χ3n) is 2.71. The predicted molar refractivity (Wildman–Crippen MR) is 72.5 cm³/mol. The number of carboxylic acid groups (broad SMARTS) is 1. The number of likely N-dealkylation sites (N-methyl/N-ethyl adjacent to an activating group) is 1. The zero-order valence-corrected chi connectivity index (χ0v) is 11.4. The number of nitrogens with zero attached hydrogens (tertiary/aromatic N) is 2. The topological polar surface area (TPSA) is 65.5 Å². The smallest absolute Gasteiger partial charge is 0.339 e. The number of rotatable bonds is 7. The molecule has 0 unspecified atom stereocenters. The minimum atomic E-state index is -1.01. The van der Waals surface area contributed by atoms with E-state index in [4.69, 9.17) is 16.7 Å². The first-order valence-corrected chi connectivity index (χ1v) is 6.32. The molecule has 0 aliphatic heterocycles. The quantitative estimate of drug-likeness (QED) is 0.744. The average Bonchev–Trinajstić information content (AvgIpc) is 2.34. The van der Waals surface area contributed by atoms with Crippen molar-refractivity contribution in [1.82, 2.24) is 9.88 Å². The highest BCUT2D eigenvalue weighted by atomic mass is 35.5. The monoisotopic (exact) mass is 271 g/mol. The van der Waals surface area contributed by atoms with Crippen LogP contribution in [0.2, 0.25) is 5.15 Å². The summed E-state index contributed by atoms with van der Waals surface area (Å²) in [5, 5.41) is 12.3. The van der Waals surface area contributed by atoms with E-state index in [2.05, 4.69) is 29.0 Å². The summed E-state index contributed by atoms with van der Waals surface area (Å²) in [5.41, 5.74) is 0.138. The number of aromatic carboxylic acids is 1. The van der Waals surface area contributed by atoms with Crippen molar-refractivity contribution < 1.29 is 9.90 Å². The molecule has 0 amide bonds. The summed E-state index contributed by atoms with van der Waals surface area (Å²) < 4.78 is 0. The molecule has 0 atom stereocenters. The van der Waals surface area contributed by atoms with E-state index < -0.39 is 5.97 Å². The number of carbonyl (C=O) groups is 1. The van der Waals surface area contributed by atoms with Crippen LogP contribution in [0.4, 0.5) is 5.82 Å². The van der Waals surface area contributed by atoms with E-state index in [1.807, 2.05) is 0 Å². The third-order valence-corrected chi connectivity index (χ3v) is 2.92. The van der Waals surface area contributed by atoms with Crippen molar-refractivity contribution in [2.24, 2.45) is 0 Å². The average molecular weight is 272 g/mol. The Morgan fingerprint density at radius 2 is 2.11 bits per heavy atom. The van der Waals surface area contributed by atoms with Crippen molar-refractivity contribution in [2.45, 2.75) is 13.8 Å². The lowest BCUT2D eigenvalue weighted by molar-refractivity contribution is 0.0697. The van der Waals surface area contributed by atoms with Gasteiger partial charge in [-0.1, -0.05) is 25.4 Å². The molecule has 0 saturated heterocycles. The fraction of sp³-hybridized carbons (Fsp3) is 0.500. The van der Waals surface area contributed by atoms with E-state index in [-0.39, 0.29) is 10.7 Å². The maximum absolute atomic E-state index is 11.0. The first-order valence-electron chi connectivity index (χ1n) is 5.94. The zero-order chi connectivity index (χ0) is 13.5. The lowest BCUT2D eigenvalue weighted by Crippen LogP contribution is -2.29. The molecule has 0 aromatic carbocycles. The number of carboxylic acids is 1. The van der Waals surface area contributed by atoms with Gasteiger partial charge in [-0.3, -0.25) is 0 Å². The largest absolute Gasteiger partial charge is 0.478 e. The summed E-state index contributed by atoms with van der Waals surface area (Å²) in [6.07, 6.45) is 0. The Balaban J connectivity index is 2.66. The molecule has 1 aromatic rings. The van der Waals surface area contributed by atoms with Crippen molar-refractivity contribution >= 4 is 23.4 Å². The molecule has 0 radical (unpaired) electrons. The van der Waals surface area contributed by atoms with E-state index in [1.54, 1.807) is 0 Å². The van der Waals surface area contributed by atoms with Crippen LogP contribution >= 0.6 is 11.6 Å². The molecule has 6 heteroatoms. The van der Waals surface area contributed by atoms with Crippen LogP contribution in [-0.2, 0) is 0 Å². The van der Waals surface area contributed by atoms with E-state index in [9.17, 15) is 4.79 Å². The summed E-state index contributed by atoms with van der Waals surface area (Å²) >= 11 is 5.76. The fourth-order valence-corrected chi connectivity index (χ4v) is 1.76. The molecule has 0 aliphatic rings. The fourth-order valence-electron chi connectivity index (χ4n) is 1.61. The van der Waals surface area contributed by atoms with Crippen molar-refractivity contribution in [3.8, 4) is 0 Å². The Kier molecular flexibility index (Phi) is 5.88. The summed E-state index contributed by atoms with van der Waals surface area (Å²) in [5.74, 6) is -0.688. The van der Waals surface area contributed by atoms with Crippen LogP contribution in [0.1, 0.15) is 24.2 Å². The molecule has 100 valence electrons. The summed E-state index contributed by atoms with van der Waals surface area (Å²) in [6, 6.07) is 2.93. The molecular formula is C12H18ClN3O2. The van der Waals surface area contributed by atoms with Gasteiger partial charge in [0.1, 0.15) is 16.5 Å². The molecular weight excluding hydrogens is 254 g/mol. The number of halogens is 1. The standard InChI is InChI=1S/C12H18ClN3O2/c1-3-16(4-2)8-7-14-11-9(12(17)18)5-6-10(13)15-11/h5-6H,3-4,7-8H2,1-2H3,(H,14,15)(H,17,18). The van der Waals surface area contributed by atoms with Crippen LogP contribution in [0, 0.1) is 0 Å². The third kappa shape index (κ3) is 4.16. The molecule has 2 N–H and O–H groups in total. The Labute approximate surface area is 112 Å². The number of aromatic nitrogens is 1. The van der Waals surface area contributed by atoms with Gasteiger partial charge in [0, 0.05) is 13.1 Å². The summed E-state index contributed by atoms with van der Waals surface area (Å²) in [6.45, 7) is 7.57. The van der Waals surface area contributed by atoms with Crippen molar-refractivity contribution in [3.05, 3.63) is 22.8 Å². The SMILES string of the molecule is CCN(CC)CCNc1nc(Cl)ccc1C(=O)O. The zero-order valence-electron chi connectivity index (χ0n) is 10.6. The minimum absolute atomic E-state index is 0.138. The highest BCUT2D eigenvalue weighted by Crippen LogP contribution is 2.16. The highest BCUT2D eigenvalue weighted by Gasteiger charge is 2.11. The normalized spacial score (nSPS) is 10.7. The Bertz CT molecular complexity index is 408. The van der Waals surface area contributed by atoms with E-state index in [0.717, 1.165) is 19.6 Å². The second-order valence-electron chi connectivity index (χ2n) is 3.79. The molecule has 5 nitrogen and oxygen atoms in total. The van der Waals surface area contributed by atoms with Gasteiger partial charge in [0.25, 0.3) is 0 Å². The van der Waals surface area contributed by atoms with Gasteiger partial charge in [-0.15, -0.1) is 0 Å². The molecule has 1 rings (SSSR count). The highest BCUT2D eigenvalue weighted by molar-refractivity contribution is 6.29. The second kappa shape index (κ2) is 7.18. The first-order chi connectivity index (χ1) is 8.58. The lowest BCUT2D eigenvalue weighted by Gasteiger charge is -2.18. The Morgan fingerprint density at radius 3 is 2.67 bits per heavy atom. The molecule has 0 aliphatic carbocycles. The van der Waals surface area contributed by atoms with Gasteiger partial charge in [-0.25, -0.2) is 9.78 Å². The summed E-state index contributed by atoms with van der Waals surface area (Å²) in [4.78, 5) is 17.2. The first kappa shape index (κ1) is 14.7. The molecule has 0 bridgehead atoms. The van der Waals surface area contributed by atoms with Crippen LogP contribution < -0.4 is 5.32 Å². The molecule has 0 saturated carbocycles. The maximum Gasteiger partial charge on any atom is 0.339 e. The van der Waals surface area contributed by atoms with Crippen molar-refractivity contribution in [2.75, 3.05) is 31.5 Å². The number of pyridine rings is 1. The van der Waals surface area contributed by atoms with Crippen molar-refractivity contribution in [3.63, 3.8) is 0 Å². The molecule has 0 fully saturated rings. The van der Waals surface area contributed by atoms with Gasteiger partial charge in [0.15, 0.2) is 0 Å². The number of anilines is 1. The van der Waals surface area contributed by atoms with E-state index in [0.29, 0.717) is 12.4 Å².